The largest absolute Gasteiger partial charge is 0.491 e. The zero-order chi connectivity index (χ0) is 6.85. The highest BCUT2D eigenvalue weighted by Gasteiger charge is 2.19. The normalized spacial score (nSPS) is 25.3. The zero-order valence-electron chi connectivity index (χ0n) is 5.47. The van der Waals surface area contributed by atoms with Crippen molar-refractivity contribution in [3.05, 3.63) is 11.8 Å². The molecule has 3 nitrogen and oxygen atoms in total. The van der Waals surface area contributed by atoms with Crippen molar-refractivity contribution in [3.63, 3.8) is 0 Å². The monoisotopic (exact) mass is 127 g/mol. The van der Waals surface area contributed by atoms with Gasteiger partial charge in [-0.15, -0.1) is 0 Å². The fraction of sp³-hybridized carbons (Fsp3) is 0.500. The lowest BCUT2D eigenvalue weighted by molar-refractivity contribution is -0.119. The highest BCUT2D eigenvalue weighted by molar-refractivity contribution is 5.94. The van der Waals surface area contributed by atoms with E-state index in [1.807, 2.05) is 6.92 Å². The average Bonchev–Trinajstić information content (AvgIpc) is 2.10. The third-order valence-corrected chi connectivity index (χ3v) is 1.20. The van der Waals surface area contributed by atoms with Crippen LogP contribution in [0.15, 0.2) is 11.8 Å². The van der Waals surface area contributed by atoms with E-state index in [1.54, 1.807) is 6.08 Å². The van der Waals surface area contributed by atoms with Gasteiger partial charge in [-0.3, -0.25) is 4.79 Å². The lowest BCUT2D eigenvalue weighted by Gasteiger charge is -1.96. The van der Waals surface area contributed by atoms with Gasteiger partial charge in [0.15, 0.2) is 5.76 Å². The molecule has 1 atom stereocenters. The molecule has 1 unspecified atom stereocenters. The molecule has 1 amide bonds. The van der Waals surface area contributed by atoms with Crippen LogP contribution in [0.25, 0.3) is 0 Å². The Hall–Kier alpha value is -0.990. The second kappa shape index (κ2) is 2.09. The van der Waals surface area contributed by atoms with Crippen molar-refractivity contribution in [2.45, 2.75) is 13.0 Å². The summed E-state index contributed by atoms with van der Waals surface area (Å²) in [4.78, 5) is 10.7. The van der Waals surface area contributed by atoms with Gasteiger partial charge in [-0.1, -0.05) is 0 Å². The number of carbonyl (C=O) groups is 1. The molecular formula is C6H9NO2. The number of ether oxygens (including phenoxy) is 1. The fourth-order valence-electron chi connectivity index (χ4n) is 0.783. The predicted octanol–water partition coefficient (Wildman–Crippen LogP) is 0.0350. The second-order valence-corrected chi connectivity index (χ2v) is 2.00. The standard InChI is InChI=1S/C6H9NO2/c1-4-3-5(9-2)6(8)7-4/h3-4H,1-2H3,(H,7,8). The Balaban J connectivity index is 2.68. The quantitative estimate of drug-likeness (QED) is 0.540. The van der Waals surface area contributed by atoms with Crippen LogP contribution in [0.3, 0.4) is 0 Å². The fourth-order valence-corrected chi connectivity index (χ4v) is 0.783. The topological polar surface area (TPSA) is 38.3 Å². The molecule has 0 bridgehead atoms. The second-order valence-electron chi connectivity index (χ2n) is 2.00. The molecule has 1 N–H and O–H groups in total. The van der Waals surface area contributed by atoms with E-state index < -0.39 is 0 Å². The number of hydrogen-bond acceptors (Lipinski definition) is 2. The van der Waals surface area contributed by atoms with Gasteiger partial charge < -0.3 is 10.1 Å². The molecular weight excluding hydrogens is 118 g/mol. The Bertz CT molecular complexity index is 162. The number of hydrogen-bond donors (Lipinski definition) is 1. The van der Waals surface area contributed by atoms with Crippen LogP contribution < -0.4 is 5.32 Å². The van der Waals surface area contributed by atoms with Crippen molar-refractivity contribution >= 4 is 5.91 Å². The molecule has 0 saturated carbocycles. The first-order valence-electron chi connectivity index (χ1n) is 2.80. The molecule has 0 saturated heterocycles. The summed E-state index contributed by atoms with van der Waals surface area (Å²) in [5.41, 5.74) is 0. The summed E-state index contributed by atoms with van der Waals surface area (Å²) in [5.74, 6) is 0.299. The molecule has 1 heterocycles. The minimum atomic E-state index is -0.120. The molecule has 9 heavy (non-hydrogen) atoms. The van der Waals surface area contributed by atoms with Crippen molar-refractivity contribution in [3.8, 4) is 0 Å². The third-order valence-electron chi connectivity index (χ3n) is 1.20. The summed E-state index contributed by atoms with van der Waals surface area (Å²) < 4.78 is 4.74. The first-order chi connectivity index (χ1) is 4.24. The Morgan fingerprint density at radius 3 is 2.67 bits per heavy atom. The number of carbonyl (C=O) groups excluding carboxylic acids is 1. The number of methoxy groups -OCH3 is 1. The molecule has 0 aromatic heterocycles. The van der Waals surface area contributed by atoms with Crippen LogP contribution in [0.4, 0.5) is 0 Å². The molecule has 0 radical (unpaired) electrons. The summed E-state index contributed by atoms with van der Waals surface area (Å²) in [6.45, 7) is 1.89. The van der Waals surface area contributed by atoms with Crippen molar-refractivity contribution in [1.29, 1.82) is 0 Å². The smallest absolute Gasteiger partial charge is 0.286 e. The molecule has 0 aromatic rings. The van der Waals surface area contributed by atoms with Crippen LogP contribution in [0.5, 0.6) is 0 Å². The van der Waals surface area contributed by atoms with E-state index >= 15 is 0 Å². The summed E-state index contributed by atoms with van der Waals surface area (Å²) in [6, 6.07) is 0.118. The van der Waals surface area contributed by atoms with E-state index in [1.165, 1.54) is 7.11 Å². The van der Waals surface area contributed by atoms with Crippen LogP contribution >= 0.6 is 0 Å². The van der Waals surface area contributed by atoms with E-state index in [-0.39, 0.29) is 11.9 Å². The van der Waals surface area contributed by atoms with Crippen LogP contribution in [0.2, 0.25) is 0 Å². The minimum Gasteiger partial charge on any atom is -0.491 e. The summed E-state index contributed by atoms with van der Waals surface area (Å²) in [6.07, 6.45) is 1.75. The molecule has 0 spiro atoms. The summed E-state index contributed by atoms with van der Waals surface area (Å²) >= 11 is 0. The third kappa shape index (κ3) is 1.04. The maximum atomic E-state index is 10.7. The van der Waals surface area contributed by atoms with Crippen molar-refractivity contribution in [2.75, 3.05) is 7.11 Å². The van der Waals surface area contributed by atoms with E-state index in [9.17, 15) is 4.79 Å². The van der Waals surface area contributed by atoms with Gasteiger partial charge in [0.25, 0.3) is 5.91 Å². The Morgan fingerprint density at radius 1 is 1.78 bits per heavy atom. The molecule has 0 aliphatic carbocycles. The first-order valence-corrected chi connectivity index (χ1v) is 2.80. The van der Waals surface area contributed by atoms with E-state index in [0.29, 0.717) is 5.76 Å². The molecule has 0 fully saturated rings. The van der Waals surface area contributed by atoms with Crippen LogP contribution in [0, 0.1) is 0 Å². The minimum absolute atomic E-state index is 0.118. The number of rotatable bonds is 1. The van der Waals surface area contributed by atoms with Gasteiger partial charge in [0.1, 0.15) is 0 Å². The predicted molar refractivity (Wildman–Crippen MR) is 32.7 cm³/mol. The van der Waals surface area contributed by atoms with Crippen LogP contribution in [-0.2, 0) is 9.53 Å². The average molecular weight is 127 g/mol. The molecule has 50 valence electrons. The van der Waals surface area contributed by atoms with Crippen LogP contribution in [0.1, 0.15) is 6.92 Å². The highest BCUT2D eigenvalue weighted by atomic mass is 16.5. The van der Waals surface area contributed by atoms with Crippen molar-refractivity contribution in [1.82, 2.24) is 5.32 Å². The molecule has 3 heteroatoms. The molecule has 0 aromatic carbocycles. The number of amides is 1. The molecule has 1 aliphatic heterocycles. The van der Waals surface area contributed by atoms with E-state index in [2.05, 4.69) is 5.32 Å². The van der Waals surface area contributed by atoms with Crippen molar-refractivity contribution in [2.24, 2.45) is 0 Å². The maximum absolute atomic E-state index is 10.7. The van der Waals surface area contributed by atoms with Gasteiger partial charge in [-0.05, 0) is 13.0 Å². The Labute approximate surface area is 53.7 Å². The van der Waals surface area contributed by atoms with Crippen molar-refractivity contribution < 1.29 is 9.53 Å². The first kappa shape index (κ1) is 6.13. The van der Waals surface area contributed by atoms with Gasteiger partial charge in [-0.2, -0.15) is 0 Å². The lowest BCUT2D eigenvalue weighted by Crippen LogP contribution is -2.24. The lowest BCUT2D eigenvalue weighted by atomic mass is 10.4. The SMILES string of the molecule is COC1=CC(C)NC1=O. The number of nitrogens with one attached hydrogen (secondary N) is 1. The maximum Gasteiger partial charge on any atom is 0.286 e. The van der Waals surface area contributed by atoms with Gasteiger partial charge >= 0.3 is 0 Å². The highest BCUT2D eigenvalue weighted by Crippen LogP contribution is 2.05. The summed E-state index contributed by atoms with van der Waals surface area (Å²) in [7, 11) is 1.49. The Kier molecular flexibility index (Phi) is 1.42. The van der Waals surface area contributed by atoms with Gasteiger partial charge in [-0.25, -0.2) is 0 Å². The van der Waals surface area contributed by atoms with Crippen LogP contribution in [-0.4, -0.2) is 19.1 Å². The zero-order valence-corrected chi connectivity index (χ0v) is 5.47. The van der Waals surface area contributed by atoms with Gasteiger partial charge in [0.2, 0.25) is 0 Å². The van der Waals surface area contributed by atoms with E-state index in [4.69, 9.17) is 4.74 Å². The van der Waals surface area contributed by atoms with Gasteiger partial charge in [0.05, 0.1) is 7.11 Å². The van der Waals surface area contributed by atoms with E-state index in [0.717, 1.165) is 0 Å². The summed E-state index contributed by atoms with van der Waals surface area (Å²) in [5, 5.41) is 2.66. The molecule has 1 rings (SSSR count). The van der Waals surface area contributed by atoms with Gasteiger partial charge in [0, 0.05) is 6.04 Å². The Morgan fingerprint density at radius 2 is 2.44 bits per heavy atom. The molecule has 1 aliphatic rings.